The topological polar surface area (TPSA) is 118 Å². The molecule has 160 valence electrons. The highest BCUT2D eigenvalue weighted by Crippen LogP contribution is 2.33. The van der Waals surface area contributed by atoms with Crippen LogP contribution in [-0.4, -0.2) is 20.7 Å². The molecule has 0 saturated heterocycles. The highest BCUT2D eigenvalue weighted by molar-refractivity contribution is 9.10. The third-order valence-electron chi connectivity index (χ3n) is 5.18. The first-order valence-corrected chi connectivity index (χ1v) is 11.3. The number of nitriles is 1. The number of hydrogen-bond acceptors (Lipinski definition) is 5. The predicted molar refractivity (Wildman–Crippen MR) is 127 cm³/mol. The van der Waals surface area contributed by atoms with Crippen molar-refractivity contribution in [2.75, 3.05) is 0 Å². The van der Waals surface area contributed by atoms with Gasteiger partial charge in [0.15, 0.2) is 0 Å². The lowest BCUT2D eigenvalue weighted by molar-refractivity contribution is -0.120. The van der Waals surface area contributed by atoms with E-state index in [4.69, 9.17) is 5.73 Å². The van der Waals surface area contributed by atoms with Crippen LogP contribution in [0.1, 0.15) is 22.7 Å². The van der Waals surface area contributed by atoms with Crippen molar-refractivity contribution in [1.82, 2.24) is 14.8 Å². The highest BCUT2D eigenvalue weighted by atomic mass is 79.9. The molecule has 1 amide bonds. The van der Waals surface area contributed by atoms with Gasteiger partial charge in [-0.2, -0.15) is 9.94 Å². The number of halogens is 1. The van der Waals surface area contributed by atoms with E-state index in [0.29, 0.717) is 22.0 Å². The van der Waals surface area contributed by atoms with Crippen LogP contribution in [0.4, 0.5) is 0 Å². The molecule has 3 N–H and O–H groups in total. The number of nitrogens with one attached hydrogen (secondary N) is 1. The number of benzene rings is 2. The molecular weight excluding hydrogens is 490 g/mol. The van der Waals surface area contributed by atoms with Gasteiger partial charge in [-0.05, 0) is 30.2 Å². The van der Waals surface area contributed by atoms with E-state index in [1.165, 1.54) is 16.0 Å². The largest absolute Gasteiger partial charge is 0.369 e. The molecule has 4 aromatic rings. The van der Waals surface area contributed by atoms with Crippen LogP contribution >= 0.6 is 27.3 Å². The van der Waals surface area contributed by atoms with Gasteiger partial charge in [0.1, 0.15) is 5.92 Å². The van der Waals surface area contributed by atoms with Crippen LogP contribution in [0.3, 0.4) is 0 Å². The fraction of sp³-hybridized carbons (Fsp3) is 0.130. The first kappa shape index (κ1) is 21.7. The molecule has 0 spiro atoms. The number of rotatable bonds is 6. The summed E-state index contributed by atoms with van der Waals surface area (Å²) in [7, 11) is 0. The van der Waals surface area contributed by atoms with E-state index in [9.17, 15) is 14.9 Å². The molecule has 2 heterocycles. The standard InChI is InChI=1S/C23H18BrN5O2S/c1-13-19(20(17(11-25)21(26)30)15-5-3-2-4-6-15)22(31)29(28-13)23-27-12-18(32-23)14-7-9-16(24)10-8-14/h2-10,12,17,20,28H,1H3,(H2,26,30)/t17-,20-/m0/s1. The molecule has 0 unspecified atom stereocenters. The molecule has 2 aromatic heterocycles. The Morgan fingerprint density at radius 3 is 2.53 bits per heavy atom. The molecule has 0 aliphatic carbocycles. The van der Waals surface area contributed by atoms with E-state index in [-0.39, 0.29) is 5.56 Å². The molecule has 0 aliphatic heterocycles. The summed E-state index contributed by atoms with van der Waals surface area (Å²) >= 11 is 4.78. The number of hydrogen-bond donors (Lipinski definition) is 2. The normalized spacial score (nSPS) is 12.8. The van der Waals surface area contributed by atoms with Crippen LogP contribution in [-0.2, 0) is 4.79 Å². The third kappa shape index (κ3) is 4.02. The van der Waals surface area contributed by atoms with E-state index in [1.807, 2.05) is 36.4 Å². The maximum Gasteiger partial charge on any atom is 0.277 e. The fourth-order valence-corrected chi connectivity index (χ4v) is 4.81. The minimum atomic E-state index is -1.19. The molecule has 0 fully saturated rings. The monoisotopic (exact) mass is 507 g/mol. The van der Waals surface area contributed by atoms with E-state index in [2.05, 4.69) is 26.0 Å². The Balaban J connectivity index is 1.82. The van der Waals surface area contributed by atoms with Crippen molar-refractivity contribution in [3.05, 3.63) is 92.4 Å². The Morgan fingerprint density at radius 1 is 1.22 bits per heavy atom. The molecule has 2 atom stereocenters. The third-order valence-corrected chi connectivity index (χ3v) is 6.74. The maximum absolute atomic E-state index is 13.5. The second kappa shape index (κ2) is 8.94. The minimum absolute atomic E-state index is 0.321. The van der Waals surface area contributed by atoms with Gasteiger partial charge in [-0.15, -0.1) is 0 Å². The lowest BCUT2D eigenvalue weighted by atomic mass is 9.81. The summed E-state index contributed by atoms with van der Waals surface area (Å²) in [5, 5.41) is 13.2. The van der Waals surface area contributed by atoms with Crippen molar-refractivity contribution >= 4 is 33.2 Å². The van der Waals surface area contributed by atoms with Gasteiger partial charge < -0.3 is 5.73 Å². The Bertz CT molecular complexity index is 1370. The van der Waals surface area contributed by atoms with Crippen LogP contribution < -0.4 is 11.3 Å². The molecule has 9 heteroatoms. The number of carbonyl (C=O) groups is 1. The first-order chi connectivity index (χ1) is 15.4. The van der Waals surface area contributed by atoms with Crippen molar-refractivity contribution < 1.29 is 4.79 Å². The molecule has 7 nitrogen and oxygen atoms in total. The number of H-pyrrole nitrogens is 1. The van der Waals surface area contributed by atoms with Crippen LogP contribution in [0.15, 0.2) is 70.1 Å². The number of aromatic amines is 1. The van der Waals surface area contributed by atoms with Gasteiger partial charge in [0.2, 0.25) is 11.0 Å². The molecule has 32 heavy (non-hydrogen) atoms. The van der Waals surface area contributed by atoms with Crippen molar-refractivity contribution in [3.8, 4) is 21.6 Å². The van der Waals surface area contributed by atoms with Crippen molar-refractivity contribution in [3.63, 3.8) is 0 Å². The Kier molecular flexibility index (Phi) is 6.08. The number of aromatic nitrogens is 3. The van der Waals surface area contributed by atoms with E-state index in [1.54, 1.807) is 37.4 Å². The lowest BCUT2D eigenvalue weighted by Gasteiger charge is -2.19. The molecule has 0 saturated carbocycles. The van der Waals surface area contributed by atoms with Gasteiger partial charge in [-0.3, -0.25) is 14.7 Å². The number of nitrogens with two attached hydrogens (primary N) is 1. The summed E-state index contributed by atoms with van der Waals surface area (Å²) < 4.78 is 2.32. The summed E-state index contributed by atoms with van der Waals surface area (Å²) in [5.74, 6) is -2.77. The summed E-state index contributed by atoms with van der Waals surface area (Å²) in [6.45, 7) is 1.74. The number of primary amides is 1. The van der Waals surface area contributed by atoms with Gasteiger partial charge in [-0.25, -0.2) is 4.98 Å². The highest BCUT2D eigenvalue weighted by Gasteiger charge is 2.34. The second-order valence-corrected chi connectivity index (χ2v) is 9.13. The molecule has 0 radical (unpaired) electrons. The van der Waals surface area contributed by atoms with E-state index >= 15 is 0 Å². The molecular formula is C23H18BrN5O2S. The first-order valence-electron chi connectivity index (χ1n) is 9.68. The van der Waals surface area contributed by atoms with Crippen LogP contribution in [0.5, 0.6) is 0 Å². The fourth-order valence-electron chi connectivity index (χ4n) is 3.66. The summed E-state index contributed by atoms with van der Waals surface area (Å²) in [6.07, 6.45) is 1.71. The zero-order chi connectivity index (χ0) is 22.8. The van der Waals surface area contributed by atoms with Gasteiger partial charge in [0.25, 0.3) is 5.56 Å². The van der Waals surface area contributed by atoms with E-state index in [0.717, 1.165) is 14.9 Å². The number of thiazole rings is 1. The lowest BCUT2D eigenvalue weighted by Crippen LogP contribution is -2.31. The maximum atomic E-state index is 13.5. The van der Waals surface area contributed by atoms with Gasteiger partial charge in [0.05, 0.1) is 10.9 Å². The number of amides is 1. The van der Waals surface area contributed by atoms with Crippen molar-refractivity contribution in [1.29, 1.82) is 5.26 Å². The van der Waals surface area contributed by atoms with Gasteiger partial charge >= 0.3 is 0 Å². The van der Waals surface area contributed by atoms with E-state index < -0.39 is 17.7 Å². The molecule has 0 aliphatic rings. The summed E-state index contributed by atoms with van der Waals surface area (Å²) in [4.78, 5) is 30.9. The second-order valence-electron chi connectivity index (χ2n) is 7.20. The van der Waals surface area contributed by atoms with Crippen LogP contribution in [0.2, 0.25) is 0 Å². The smallest absolute Gasteiger partial charge is 0.277 e. The zero-order valence-electron chi connectivity index (χ0n) is 16.9. The number of carbonyl (C=O) groups excluding carboxylic acids is 1. The number of nitrogens with zero attached hydrogens (tertiary/aromatic N) is 3. The Morgan fingerprint density at radius 2 is 1.91 bits per heavy atom. The van der Waals surface area contributed by atoms with Crippen molar-refractivity contribution in [2.24, 2.45) is 11.7 Å². The number of aryl methyl sites for hydroxylation is 1. The van der Waals surface area contributed by atoms with Crippen LogP contribution in [0.25, 0.3) is 15.6 Å². The average Bonchev–Trinajstić information content (AvgIpc) is 3.38. The minimum Gasteiger partial charge on any atom is -0.369 e. The van der Waals surface area contributed by atoms with Gasteiger partial charge in [-0.1, -0.05) is 69.7 Å². The summed E-state index contributed by atoms with van der Waals surface area (Å²) in [5.41, 5.74) is 7.67. The molecule has 0 bridgehead atoms. The quantitative estimate of drug-likeness (QED) is 0.408. The van der Waals surface area contributed by atoms with Crippen LogP contribution in [0, 0.1) is 24.2 Å². The SMILES string of the molecule is Cc1[nH]n(-c2ncc(-c3ccc(Br)cc3)s2)c(=O)c1[C@@H](c1ccccc1)[C@H](C#N)C(N)=O. The Hall–Kier alpha value is -3.48. The molecule has 2 aromatic carbocycles. The molecule has 4 rings (SSSR count). The van der Waals surface area contributed by atoms with Gasteiger partial charge in [0, 0.05) is 27.8 Å². The predicted octanol–water partition coefficient (Wildman–Crippen LogP) is 4.12. The Labute approximate surface area is 196 Å². The summed E-state index contributed by atoms with van der Waals surface area (Å²) in [6, 6.07) is 18.8. The zero-order valence-corrected chi connectivity index (χ0v) is 19.4. The average molecular weight is 508 g/mol. The van der Waals surface area contributed by atoms with Crippen molar-refractivity contribution in [2.45, 2.75) is 12.8 Å².